The van der Waals surface area contributed by atoms with E-state index in [4.69, 9.17) is 9.47 Å². The number of benzene rings is 2. The lowest BCUT2D eigenvalue weighted by molar-refractivity contribution is -0.141. The van der Waals surface area contributed by atoms with E-state index in [-0.39, 0.29) is 12.4 Å². The first kappa shape index (κ1) is 20.3. The summed E-state index contributed by atoms with van der Waals surface area (Å²) in [4.78, 5) is 11.1. The van der Waals surface area contributed by atoms with E-state index in [1.54, 1.807) is 0 Å². The molecule has 2 aromatic rings. The summed E-state index contributed by atoms with van der Waals surface area (Å²) in [6, 6.07) is 17.0. The predicted molar refractivity (Wildman–Crippen MR) is 106 cm³/mol. The van der Waals surface area contributed by atoms with E-state index in [1.807, 2.05) is 13.8 Å². The lowest BCUT2D eigenvalue weighted by atomic mass is 9.94. The fourth-order valence-corrected chi connectivity index (χ4v) is 2.59. The molecule has 0 saturated carbocycles. The van der Waals surface area contributed by atoms with Crippen molar-refractivity contribution in [1.82, 2.24) is 0 Å². The van der Waals surface area contributed by atoms with Crippen LogP contribution in [0.5, 0.6) is 0 Å². The first-order chi connectivity index (χ1) is 12.1. The van der Waals surface area contributed by atoms with Crippen molar-refractivity contribution < 1.29 is 14.3 Å². The van der Waals surface area contributed by atoms with Crippen LogP contribution in [-0.4, -0.2) is 24.6 Å². The van der Waals surface area contributed by atoms with Gasteiger partial charge >= 0.3 is 0 Å². The number of Topliss-reactive ketones (excluding diaryl/α,β-unsaturated/α-hetero) is 1. The SMILES string of the molecule is CC(=O)COC(C)(C)COC(C)(C)c1ccc(-c2ccc(C)cc2)cc1. The van der Waals surface area contributed by atoms with Crippen LogP contribution in [0.2, 0.25) is 0 Å². The number of hydrogen-bond acceptors (Lipinski definition) is 3. The molecule has 2 aromatic carbocycles. The summed E-state index contributed by atoms with van der Waals surface area (Å²) >= 11 is 0. The average Bonchev–Trinajstić information content (AvgIpc) is 2.59. The summed E-state index contributed by atoms with van der Waals surface area (Å²) in [5.41, 5.74) is 3.81. The van der Waals surface area contributed by atoms with E-state index in [2.05, 4.69) is 69.3 Å². The highest BCUT2D eigenvalue weighted by atomic mass is 16.6. The number of ketones is 1. The van der Waals surface area contributed by atoms with Gasteiger partial charge in [0.15, 0.2) is 5.78 Å². The van der Waals surface area contributed by atoms with Gasteiger partial charge in [0.2, 0.25) is 0 Å². The van der Waals surface area contributed by atoms with Crippen molar-refractivity contribution >= 4 is 5.78 Å². The summed E-state index contributed by atoms with van der Waals surface area (Å²) in [5, 5.41) is 0. The fraction of sp³-hybridized carbons (Fsp3) is 0.435. The van der Waals surface area contributed by atoms with Gasteiger partial charge in [0.1, 0.15) is 6.61 Å². The highest BCUT2D eigenvalue weighted by Crippen LogP contribution is 2.29. The van der Waals surface area contributed by atoms with Crippen molar-refractivity contribution in [2.24, 2.45) is 0 Å². The van der Waals surface area contributed by atoms with Crippen LogP contribution in [0.4, 0.5) is 0 Å². The van der Waals surface area contributed by atoms with Gasteiger partial charge in [0.25, 0.3) is 0 Å². The van der Waals surface area contributed by atoms with E-state index < -0.39 is 11.2 Å². The Balaban J connectivity index is 2.04. The second-order valence-electron chi connectivity index (χ2n) is 7.99. The Hall–Kier alpha value is -1.97. The quantitative estimate of drug-likeness (QED) is 0.645. The zero-order chi connectivity index (χ0) is 19.4. The van der Waals surface area contributed by atoms with Gasteiger partial charge in [-0.05, 0) is 58.2 Å². The smallest absolute Gasteiger partial charge is 0.155 e. The molecule has 0 N–H and O–H groups in total. The van der Waals surface area contributed by atoms with Crippen LogP contribution in [-0.2, 0) is 19.9 Å². The fourth-order valence-electron chi connectivity index (χ4n) is 2.59. The molecule has 0 heterocycles. The van der Waals surface area contributed by atoms with Crippen LogP contribution >= 0.6 is 0 Å². The maximum absolute atomic E-state index is 11.1. The van der Waals surface area contributed by atoms with Gasteiger partial charge in [-0.25, -0.2) is 0 Å². The van der Waals surface area contributed by atoms with E-state index in [0.717, 1.165) is 5.56 Å². The molecule has 0 spiro atoms. The van der Waals surface area contributed by atoms with Crippen LogP contribution < -0.4 is 0 Å². The Bertz CT molecular complexity index is 725. The van der Waals surface area contributed by atoms with Gasteiger partial charge in [-0.1, -0.05) is 54.1 Å². The summed E-state index contributed by atoms with van der Waals surface area (Å²) in [7, 11) is 0. The van der Waals surface area contributed by atoms with Crippen molar-refractivity contribution in [1.29, 1.82) is 0 Å². The molecular weight excluding hydrogens is 324 g/mol. The Morgan fingerprint density at radius 1 is 0.846 bits per heavy atom. The van der Waals surface area contributed by atoms with Crippen molar-refractivity contribution in [2.75, 3.05) is 13.2 Å². The molecule has 0 aliphatic rings. The maximum atomic E-state index is 11.1. The molecule has 0 unspecified atom stereocenters. The van der Waals surface area contributed by atoms with E-state index in [0.29, 0.717) is 6.61 Å². The second kappa shape index (κ2) is 8.15. The lowest BCUT2D eigenvalue weighted by Crippen LogP contribution is -2.36. The largest absolute Gasteiger partial charge is 0.368 e. The van der Waals surface area contributed by atoms with Crippen LogP contribution in [0.1, 0.15) is 45.7 Å². The van der Waals surface area contributed by atoms with E-state index >= 15 is 0 Å². The zero-order valence-electron chi connectivity index (χ0n) is 16.8. The summed E-state index contributed by atoms with van der Waals surface area (Å²) in [5.74, 6) is 0.0176. The molecule has 0 atom stereocenters. The molecule has 0 aliphatic carbocycles. The topological polar surface area (TPSA) is 35.5 Å². The molecular formula is C23H30O3. The van der Waals surface area contributed by atoms with Gasteiger partial charge in [0.05, 0.1) is 17.8 Å². The number of carbonyl (C=O) groups excluding carboxylic acids is 1. The Kier molecular flexibility index (Phi) is 6.38. The number of aryl methyl sites for hydroxylation is 1. The summed E-state index contributed by atoms with van der Waals surface area (Å²) < 4.78 is 11.8. The third kappa shape index (κ3) is 5.79. The van der Waals surface area contributed by atoms with Crippen molar-refractivity contribution in [2.45, 2.75) is 52.7 Å². The number of rotatable bonds is 8. The molecule has 3 heteroatoms. The standard InChI is InChI=1S/C23H30O3/c1-17-7-9-19(10-8-17)20-11-13-21(14-12-20)23(5,6)26-16-22(3,4)25-15-18(2)24/h7-14H,15-16H2,1-6H3. The molecule has 140 valence electrons. The average molecular weight is 354 g/mol. The Morgan fingerprint density at radius 2 is 1.35 bits per heavy atom. The van der Waals surface area contributed by atoms with E-state index in [1.165, 1.54) is 23.6 Å². The number of ether oxygens (including phenoxy) is 2. The van der Waals surface area contributed by atoms with Gasteiger partial charge in [-0.2, -0.15) is 0 Å². The summed E-state index contributed by atoms with van der Waals surface area (Å²) in [6.45, 7) is 12.1. The van der Waals surface area contributed by atoms with Gasteiger partial charge in [-0.3, -0.25) is 4.79 Å². The van der Waals surface area contributed by atoms with E-state index in [9.17, 15) is 4.79 Å². The van der Waals surface area contributed by atoms with Gasteiger partial charge in [-0.15, -0.1) is 0 Å². The molecule has 3 nitrogen and oxygen atoms in total. The van der Waals surface area contributed by atoms with Crippen LogP contribution in [0.15, 0.2) is 48.5 Å². The molecule has 0 bridgehead atoms. The van der Waals surface area contributed by atoms with Crippen molar-refractivity contribution in [3.8, 4) is 11.1 Å². The third-order valence-electron chi connectivity index (χ3n) is 4.41. The molecule has 0 fully saturated rings. The predicted octanol–water partition coefficient (Wildman–Crippen LogP) is 5.30. The maximum Gasteiger partial charge on any atom is 0.155 e. The minimum Gasteiger partial charge on any atom is -0.368 e. The monoisotopic (exact) mass is 354 g/mol. The van der Waals surface area contributed by atoms with Gasteiger partial charge < -0.3 is 9.47 Å². The number of hydrogen-bond donors (Lipinski definition) is 0. The first-order valence-corrected chi connectivity index (χ1v) is 9.04. The Labute approximate surface area is 157 Å². The molecule has 0 saturated heterocycles. The van der Waals surface area contributed by atoms with Crippen LogP contribution in [0, 0.1) is 6.92 Å². The first-order valence-electron chi connectivity index (χ1n) is 9.04. The minimum atomic E-state index is -0.509. The number of carbonyl (C=O) groups is 1. The molecule has 26 heavy (non-hydrogen) atoms. The highest BCUT2D eigenvalue weighted by Gasteiger charge is 2.27. The molecule has 2 rings (SSSR count). The lowest BCUT2D eigenvalue weighted by Gasteiger charge is -2.32. The highest BCUT2D eigenvalue weighted by molar-refractivity contribution is 5.76. The third-order valence-corrected chi connectivity index (χ3v) is 4.41. The van der Waals surface area contributed by atoms with Crippen molar-refractivity contribution in [3.63, 3.8) is 0 Å². The Morgan fingerprint density at radius 3 is 1.85 bits per heavy atom. The molecule has 0 amide bonds. The minimum absolute atomic E-state index is 0.0176. The van der Waals surface area contributed by atoms with Crippen LogP contribution in [0.25, 0.3) is 11.1 Å². The zero-order valence-corrected chi connectivity index (χ0v) is 16.8. The normalized spacial score (nSPS) is 12.2. The molecule has 0 aromatic heterocycles. The molecule has 0 radical (unpaired) electrons. The second-order valence-corrected chi connectivity index (χ2v) is 7.99. The van der Waals surface area contributed by atoms with Gasteiger partial charge in [0, 0.05) is 0 Å². The van der Waals surface area contributed by atoms with Crippen LogP contribution in [0.3, 0.4) is 0 Å². The van der Waals surface area contributed by atoms with Crippen molar-refractivity contribution in [3.05, 3.63) is 59.7 Å². The molecule has 0 aliphatic heterocycles. The summed E-state index contributed by atoms with van der Waals surface area (Å²) in [6.07, 6.45) is 0.